The van der Waals surface area contributed by atoms with E-state index in [1.54, 1.807) is 0 Å². The second-order valence-electron chi connectivity index (χ2n) is 16.7. The van der Waals surface area contributed by atoms with Crippen LogP contribution in [0.15, 0.2) is 209 Å². The number of aromatic nitrogens is 3. The van der Waals surface area contributed by atoms with Gasteiger partial charge >= 0.3 is 0 Å². The zero-order valence-electron chi connectivity index (χ0n) is 34.6. The lowest BCUT2D eigenvalue weighted by Crippen LogP contribution is -1.96. The van der Waals surface area contributed by atoms with Gasteiger partial charge in [0, 0.05) is 85.7 Å². The molecule has 302 valence electrons. The molecule has 5 heterocycles. The summed E-state index contributed by atoms with van der Waals surface area (Å²) in [6.45, 7) is 0. The third kappa shape index (κ3) is 5.67. The fourth-order valence-corrected chi connectivity index (χ4v) is 11.1. The van der Waals surface area contributed by atoms with Gasteiger partial charge in [-0.15, -0.1) is 11.3 Å². The molecular weight excluding hydrogens is 815 g/mol. The molecule has 0 spiro atoms. The van der Waals surface area contributed by atoms with Crippen LogP contribution < -0.4 is 0 Å². The Hall–Kier alpha value is -8.45. The van der Waals surface area contributed by atoms with Gasteiger partial charge in [0.25, 0.3) is 0 Å². The maximum absolute atomic E-state index is 6.22. The van der Waals surface area contributed by atoms with E-state index < -0.39 is 0 Å². The fourth-order valence-electron chi connectivity index (χ4n) is 9.80. The number of fused-ring (bicyclic) bond motifs is 13. The topological polar surface area (TPSA) is 65.0 Å². The molecule has 14 rings (SSSR count). The van der Waals surface area contributed by atoms with Gasteiger partial charge in [-0.25, -0.2) is 15.0 Å². The third-order valence-corrected chi connectivity index (χ3v) is 14.1. The summed E-state index contributed by atoms with van der Waals surface area (Å²) < 4.78 is 14.9. The highest BCUT2D eigenvalue weighted by Crippen LogP contribution is 2.48. The van der Waals surface area contributed by atoms with Crippen LogP contribution in [0.1, 0.15) is 0 Å². The predicted octanol–water partition coefficient (Wildman–Crippen LogP) is 16.7. The quantitative estimate of drug-likeness (QED) is 0.161. The molecule has 65 heavy (non-hydrogen) atoms. The summed E-state index contributed by atoms with van der Waals surface area (Å²) in [4.78, 5) is 15.9. The number of pyridine rings is 1. The van der Waals surface area contributed by atoms with Crippen molar-refractivity contribution in [2.45, 2.75) is 0 Å². The molecule has 9 aromatic carbocycles. The van der Waals surface area contributed by atoms with Crippen molar-refractivity contribution >= 4 is 97.1 Å². The van der Waals surface area contributed by atoms with Crippen LogP contribution in [0.3, 0.4) is 0 Å². The van der Waals surface area contributed by atoms with Crippen LogP contribution in [0.4, 0.5) is 0 Å². The monoisotopic (exact) mass is 847 g/mol. The summed E-state index contributed by atoms with van der Waals surface area (Å²) in [7, 11) is 0. The van der Waals surface area contributed by atoms with Gasteiger partial charge < -0.3 is 8.83 Å². The minimum absolute atomic E-state index is 0.639. The molecule has 0 aliphatic rings. The normalized spacial score (nSPS) is 12.0. The maximum atomic E-state index is 6.22. The average Bonchev–Trinajstić information content (AvgIpc) is 4.07. The lowest BCUT2D eigenvalue weighted by Gasteiger charge is -2.15. The Morgan fingerprint density at radius 1 is 0.338 bits per heavy atom. The molecule has 0 fully saturated rings. The molecule has 0 amide bonds. The zero-order valence-corrected chi connectivity index (χ0v) is 35.4. The lowest BCUT2D eigenvalue weighted by atomic mass is 9.92. The SMILES string of the molecule is c1ccc(-c2nc3ccccc3c3c2cc(-c2ccc(-c4cc(-c5ccc6oc7ccccc7c6c5)nc(-c5ccc6oc7ccccc7c6c5)n4)cc2)c2sc4ccccc4c23)cc1. The zero-order chi connectivity index (χ0) is 42.6. The van der Waals surface area contributed by atoms with Crippen LogP contribution in [-0.4, -0.2) is 15.0 Å². The highest BCUT2D eigenvalue weighted by molar-refractivity contribution is 7.26. The number of nitrogens with zero attached hydrogens (tertiary/aromatic N) is 3. The van der Waals surface area contributed by atoms with Gasteiger partial charge in [0.1, 0.15) is 22.3 Å². The Labute approximate surface area is 375 Å². The van der Waals surface area contributed by atoms with E-state index in [9.17, 15) is 0 Å². The number of hydrogen-bond donors (Lipinski definition) is 0. The number of para-hydroxylation sites is 3. The second kappa shape index (κ2) is 14.0. The summed E-state index contributed by atoms with van der Waals surface area (Å²) in [5, 5.41) is 10.3. The van der Waals surface area contributed by atoms with Crippen LogP contribution in [0.2, 0.25) is 0 Å². The Morgan fingerprint density at radius 3 is 1.63 bits per heavy atom. The van der Waals surface area contributed by atoms with Gasteiger partial charge in [-0.3, -0.25) is 0 Å². The van der Waals surface area contributed by atoms with Crippen molar-refractivity contribution in [3.05, 3.63) is 200 Å². The Kier molecular flexibility index (Phi) is 7.79. The standard InChI is InChI=1S/C59H33N3O2S/c1-2-12-36(13-3-1)57-46-32-43(58-56(42-17-7-11-21-54(42)65-58)55(46)41-16-4-8-18-47(41)60-57)34-22-24-35(25-23-34)48-33-49(37-26-28-52-44(30-37)39-14-5-9-19-50(39)63-52)62-59(61-48)38-27-29-53-45(31-38)40-15-6-10-20-51(40)64-53/h1-33H. The molecule has 0 atom stereocenters. The smallest absolute Gasteiger partial charge is 0.160 e. The number of hydrogen-bond acceptors (Lipinski definition) is 6. The summed E-state index contributed by atoms with van der Waals surface area (Å²) in [6, 6.07) is 70.2. The number of benzene rings is 9. The van der Waals surface area contributed by atoms with Crippen molar-refractivity contribution in [1.82, 2.24) is 15.0 Å². The summed E-state index contributed by atoms with van der Waals surface area (Å²) in [5.41, 5.74) is 13.3. The highest BCUT2D eigenvalue weighted by atomic mass is 32.1. The molecule has 5 nitrogen and oxygen atoms in total. The third-order valence-electron chi connectivity index (χ3n) is 12.9. The molecular formula is C59H33N3O2S. The minimum Gasteiger partial charge on any atom is -0.456 e. The van der Waals surface area contributed by atoms with Crippen LogP contribution >= 0.6 is 11.3 Å². The van der Waals surface area contributed by atoms with Crippen LogP contribution in [0.5, 0.6) is 0 Å². The molecule has 0 N–H and O–H groups in total. The summed E-state index contributed by atoms with van der Waals surface area (Å²) in [5.74, 6) is 0.639. The molecule has 0 bridgehead atoms. The Bertz CT molecular complexity index is 4110. The molecule has 0 saturated carbocycles. The lowest BCUT2D eigenvalue weighted by molar-refractivity contribution is 0.668. The molecule has 6 heteroatoms. The van der Waals surface area contributed by atoms with E-state index in [0.29, 0.717) is 5.82 Å². The first-order valence-corrected chi connectivity index (χ1v) is 22.6. The van der Waals surface area contributed by atoms with Crippen molar-refractivity contribution in [3.8, 4) is 56.3 Å². The molecule has 0 radical (unpaired) electrons. The first-order chi connectivity index (χ1) is 32.2. The van der Waals surface area contributed by atoms with Crippen LogP contribution in [0, 0.1) is 0 Å². The van der Waals surface area contributed by atoms with E-state index in [1.807, 2.05) is 53.8 Å². The molecule has 0 saturated heterocycles. The minimum atomic E-state index is 0.639. The van der Waals surface area contributed by atoms with Crippen molar-refractivity contribution in [2.75, 3.05) is 0 Å². The van der Waals surface area contributed by atoms with E-state index in [0.717, 1.165) is 105 Å². The van der Waals surface area contributed by atoms with E-state index in [4.69, 9.17) is 23.8 Å². The van der Waals surface area contributed by atoms with Crippen LogP contribution in [0.25, 0.3) is 142 Å². The summed E-state index contributed by atoms with van der Waals surface area (Å²) in [6.07, 6.45) is 0. The number of thiophene rings is 1. The van der Waals surface area contributed by atoms with E-state index in [1.165, 1.54) is 31.1 Å². The Morgan fingerprint density at radius 2 is 0.892 bits per heavy atom. The first-order valence-electron chi connectivity index (χ1n) is 21.7. The van der Waals surface area contributed by atoms with Crippen LogP contribution in [-0.2, 0) is 0 Å². The summed E-state index contributed by atoms with van der Waals surface area (Å²) >= 11 is 1.86. The second-order valence-corrected chi connectivity index (χ2v) is 17.7. The van der Waals surface area contributed by atoms with Crippen molar-refractivity contribution in [1.29, 1.82) is 0 Å². The van der Waals surface area contributed by atoms with Crippen molar-refractivity contribution in [2.24, 2.45) is 0 Å². The van der Waals surface area contributed by atoms with Gasteiger partial charge in [0.15, 0.2) is 5.82 Å². The first kappa shape index (κ1) is 36.1. The fraction of sp³-hybridized carbons (Fsp3) is 0. The van der Waals surface area contributed by atoms with Crippen molar-refractivity contribution < 1.29 is 8.83 Å². The molecule has 0 aliphatic heterocycles. The van der Waals surface area contributed by atoms with Gasteiger partial charge in [0.2, 0.25) is 0 Å². The number of furan rings is 2. The van der Waals surface area contributed by atoms with E-state index in [-0.39, 0.29) is 0 Å². The molecule has 0 unspecified atom stereocenters. The molecule has 14 aromatic rings. The van der Waals surface area contributed by atoms with E-state index in [2.05, 4.69) is 158 Å². The average molecular weight is 848 g/mol. The highest BCUT2D eigenvalue weighted by Gasteiger charge is 2.21. The predicted molar refractivity (Wildman–Crippen MR) is 269 cm³/mol. The van der Waals surface area contributed by atoms with E-state index >= 15 is 0 Å². The van der Waals surface area contributed by atoms with Gasteiger partial charge in [-0.05, 0) is 78.4 Å². The largest absolute Gasteiger partial charge is 0.456 e. The van der Waals surface area contributed by atoms with Gasteiger partial charge in [0.05, 0.1) is 22.6 Å². The Balaban J connectivity index is 0.966. The van der Waals surface area contributed by atoms with Crippen molar-refractivity contribution in [3.63, 3.8) is 0 Å². The van der Waals surface area contributed by atoms with Gasteiger partial charge in [-0.2, -0.15) is 0 Å². The number of rotatable bonds is 5. The molecule has 0 aliphatic carbocycles. The maximum Gasteiger partial charge on any atom is 0.160 e. The molecule has 5 aromatic heterocycles. The van der Waals surface area contributed by atoms with Gasteiger partial charge in [-0.1, -0.05) is 127 Å².